The zero-order valence-electron chi connectivity index (χ0n) is 9.38. The average molecular weight is 198 g/mol. The number of hydrogen-bond acceptors (Lipinski definition) is 2. The van der Waals surface area contributed by atoms with E-state index in [1.54, 1.807) is 0 Å². The molecule has 82 valence electrons. The van der Waals surface area contributed by atoms with Gasteiger partial charge in [-0.25, -0.2) is 0 Å². The molecule has 0 aliphatic carbocycles. The van der Waals surface area contributed by atoms with Crippen molar-refractivity contribution >= 4 is 5.91 Å². The number of likely N-dealkylation sites (tertiary alicyclic amines) is 1. The number of rotatable bonds is 4. The van der Waals surface area contributed by atoms with Crippen LogP contribution in [0, 0.1) is 0 Å². The minimum absolute atomic E-state index is 0.131. The van der Waals surface area contributed by atoms with Gasteiger partial charge in [0.05, 0.1) is 5.54 Å². The molecule has 0 aromatic carbocycles. The normalized spacial score (nSPS) is 29.0. The van der Waals surface area contributed by atoms with Crippen molar-refractivity contribution in [3.8, 4) is 0 Å². The highest BCUT2D eigenvalue weighted by Gasteiger charge is 2.41. The number of carbonyl (C=O) groups excluding carboxylic acids is 1. The largest absolute Gasteiger partial charge is 0.368 e. The second-order valence-electron chi connectivity index (χ2n) is 4.38. The third-order valence-electron chi connectivity index (χ3n) is 3.47. The fourth-order valence-corrected chi connectivity index (χ4v) is 2.39. The van der Waals surface area contributed by atoms with Crippen LogP contribution in [0.5, 0.6) is 0 Å². The molecule has 1 atom stereocenters. The van der Waals surface area contributed by atoms with Crippen molar-refractivity contribution in [2.45, 2.75) is 51.0 Å². The zero-order chi connectivity index (χ0) is 10.6. The summed E-state index contributed by atoms with van der Waals surface area (Å²) >= 11 is 0. The summed E-state index contributed by atoms with van der Waals surface area (Å²) in [5.74, 6) is -0.131. The molecule has 0 saturated carbocycles. The Hall–Kier alpha value is -0.570. The molecule has 0 aromatic rings. The molecule has 1 aliphatic rings. The Bertz CT molecular complexity index is 205. The van der Waals surface area contributed by atoms with E-state index in [-0.39, 0.29) is 11.4 Å². The van der Waals surface area contributed by atoms with Crippen LogP contribution < -0.4 is 5.73 Å². The summed E-state index contributed by atoms with van der Waals surface area (Å²) in [6.45, 7) is 3.16. The number of nitrogens with two attached hydrogens (primary N) is 1. The summed E-state index contributed by atoms with van der Waals surface area (Å²) in [7, 11) is 2.03. The van der Waals surface area contributed by atoms with Gasteiger partial charge in [0, 0.05) is 0 Å². The van der Waals surface area contributed by atoms with Crippen molar-refractivity contribution in [2.24, 2.45) is 5.73 Å². The van der Waals surface area contributed by atoms with Crippen LogP contribution in [0.2, 0.25) is 0 Å². The molecule has 1 unspecified atom stereocenters. The molecule has 1 heterocycles. The molecule has 0 bridgehead atoms. The number of likely N-dealkylation sites (N-methyl/N-ethyl adjacent to an activating group) is 1. The number of piperidine rings is 1. The second-order valence-corrected chi connectivity index (χ2v) is 4.38. The summed E-state index contributed by atoms with van der Waals surface area (Å²) in [6, 6.07) is 0. The lowest BCUT2D eigenvalue weighted by Crippen LogP contribution is -2.58. The molecule has 1 amide bonds. The van der Waals surface area contributed by atoms with Crippen LogP contribution in [0.4, 0.5) is 0 Å². The Morgan fingerprint density at radius 2 is 2.21 bits per heavy atom. The van der Waals surface area contributed by atoms with Gasteiger partial charge in [-0.2, -0.15) is 0 Å². The first-order chi connectivity index (χ1) is 6.63. The van der Waals surface area contributed by atoms with Crippen molar-refractivity contribution in [3.63, 3.8) is 0 Å². The Morgan fingerprint density at radius 3 is 2.71 bits per heavy atom. The molecule has 0 radical (unpaired) electrons. The molecule has 1 saturated heterocycles. The van der Waals surface area contributed by atoms with E-state index in [2.05, 4.69) is 11.8 Å². The highest BCUT2D eigenvalue weighted by Crippen LogP contribution is 2.31. The maximum Gasteiger partial charge on any atom is 0.237 e. The summed E-state index contributed by atoms with van der Waals surface area (Å²) < 4.78 is 0. The van der Waals surface area contributed by atoms with E-state index in [9.17, 15) is 4.79 Å². The van der Waals surface area contributed by atoms with Gasteiger partial charge >= 0.3 is 0 Å². The second kappa shape index (κ2) is 4.78. The standard InChI is InChI=1S/C11H22N2O/c1-3-4-7-11(10(12)14)8-5-6-9-13(11)2/h3-9H2,1-2H3,(H2,12,14). The number of primary amides is 1. The first kappa shape index (κ1) is 11.5. The number of amides is 1. The van der Waals surface area contributed by atoms with Gasteiger partial charge in [-0.15, -0.1) is 0 Å². The first-order valence-corrected chi connectivity index (χ1v) is 5.64. The maximum atomic E-state index is 11.6. The van der Waals surface area contributed by atoms with Gasteiger partial charge in [-0.3, -0.25) is 9.69 Å². The van der Waals surface area contributed by atoms with Gasteiger partial charge in [0.25, 0.3) is 0 Å². The SMILES string of the molecule is CCCCC1(C(N)=O)CCCCN1C. The van der Waals surface area contributed by atoms with E-state index < -0.39 is 0 Å². The average Bonchev–Trinajstić information content (AvgIpc) is 2.16. The number of carbonyl (C=O) groups is 1. The van der Waals surface area contributed by atoms with Crippen LogP contribution in [0.3, 0.4) is 0 Å². The molecular formula is C11H22N2O. The van der Waals surface area contributed by atoms with E-state index in [4.69, 9.17) is 5.73 Å². The fourth-order valence-electron chi connectivity index (χ4n) is 2.39. The van der Waals surface area contributed by atoms with E-state index >= 15 is 0 Å². The van der Waals surface area contributed by atoms with Crippen LogP contribution in [0.1, 0.15) is 45.4 Å². The van der Waals surface area contributed by atoms with Crippen molar-refractivity contribution < 1.29 is 4.79 Å². The van der Waals surface area contributed by atoms with Gasteiger partial charge in [-0.1, -0.05) is 19.8 Å². The smallest absolute Gasteiger partial charge is 0.237 e. The Kier molecular flexibility index (Phi) is 3.93. The fraction of sp³-hybridized carbons (Fsp3) is 0.909. The number of hydrogen-bond donors (Lipinski definition) is 1. The Balaban J connectivity index is 2.72. The van der Waals surface area contributed by atoms with E-state index in [0.717, 1.165) is 38.6 Å². The van der Waals surface area contributed by atoms with Gasteiger partial charge in [0.15, 0.2) is 0 Å². The molecule has 0 aromatic heterocycles. The minimum atomic E-state index is -0.339. The molecule has 2 N–H and O–H groups in total. The molecule has 1 aliphatic heterocycles. The van der Waals surface area contributed by atoms with Crippen molar-refractivity contribution in [1.82, 2.24) is 4.90 Å². The van der Waals surface area contributed by atoms with Crippen molar-refractivity contribution in [3.05, 3.63) is 0 Å². The molecule has 14 heavy (non-hydrogen) atoms. The lowest BCUT2D eigenvalue weighted by molar-refractivity contribution is -0.132. The summed E-state index contributed by atoms with van der Waals surface area (Å²) in [6.07, 6.45) is 6.42. The van der Waals surface area contributed by atoms with Crippen LogP contribution in [-0.2, 0) is 4.79 Å². The summed E-state index contributed by atoms with van der Waals surface area (Å²) in [5, 5.41) is 0. The third kappa shape index (κ3) is 2.08. The highest BCUT2D eigenvalue weighted by molar-refractivity contribution is 5.84. The molecule has 0 spiro atoms. The van der Waals surface area contributed by atoms with Crippen LogP contribution in [0.25, 0.3) is 0 Å². The lowest BCUT2D eigenvalue weighted by Gasteiger charge is -2.43. The Morgan fingerprint density at radius 1 is 1.50 bits per heavy atom. The van der Waals surface area contributed by atoms with Gasteiger partial charge < -0.3 is 5.73 Å². The Labute approximate surface area is 86.6 Å². The number of nitrogens with zero attached hydrogens (tertiary/aromatic N) is 1. The predicted molar refractivity (Wildman–Crippen MR) is 57.9 cm³/mol. The predicted octanol–water partition coefficient (Wildman–Crippen LogP) is 1.52. The van der Waals surface area contributed by atoms with E-state index in [1.807, 2.05) is 7.05 Å². The van der Waals surface area contributed by atoms with Crippen LogP contribution in [0.15, 0.2) is 0 Å². The van der Waals surface area contributed by atoms with Crippen molar-refractivity contribution in [2.75, 3.05) is 13.6 Å². The monoisotopic (exact) mass is 198 g/mol. The van der Waals surface area contributed by atoms with E-state index in [0.29, 0.717) is 0 Å². The molecule has 3 nitrogen and oxygen atoms in total. The van der Waals surface area contributed by atoms with Crippen LogP contribution in [-0.4, -0.2) is 29.9 Å². The minimum Gasteiger partial charge on any atom is -0.368 e. The highest BCUT2D eigenvalue weighted by atomic mass is 16.1. The quantitative estimate of drug-likeness (QED) is 0.744. The topological polar surface area (TPSA) is 46.3 Å². The molecule has 1 fully saturated rings. The summed E-state index contributed by atoms with van der Waals surface area (Å²) in [4.78, 5) is 13.7. The lowest BCUT2D eigenvalue weighted by atomic mass is 9.82. The zero-order valence-corrected chi connectivity index (χ0v) is 9.38. The van der Waals surface area contributed by atoms with Gasteiger partial charge in [0.2, 0.25) is 5.91 Å². The van der Waals surface area contributed by atoms with Crippen molar-refractivity contribution in [1.29, 1.82) is 0 Å². The van der Waals surface area contributed by atoms with Gasteiger partial charge in [0.1, 0.15) is 0 Å². The number of unbranched alkanes of at least 4 members (excludes halogenated alkanes) is 1. The molecular weight excluding hydrogens is 176 g/mol. The first-order valence-electron chi connectivity index (χ1n) is 5.64. The molecule has 1 rings (SSSR count). The summed E-state index contributed by atoms with van der Waals surface area (Å²) in [5.41, 5.74) is 5.21. The molecule has 3 heteroatoms. The van der Waals surface area contributed by atoms with E-state index in [1.165, 1.54) is 6.42 Å². The van der Waals surface area contributed by atoms with Crippen LogP contribution >= 0.6 is 0 Å². The third-order valence-corrected chi connectivity index (χ3v) is 3.47. The maximum absolute atomic E-state index is 11.6. The van der Waals surface area contributed by atoms with Gasteiger partial charge in [-0.05, 0) is 39.3 Å².